The highest BCUT2D eigenvalue weighted by atomic mass is 32.1. The molecule has 2 aromatic heterocycles. The monoisotopic (exact) mass is 342 g/mol. The molecule has 0 amide bonds. The second kappa shape index (κ2) is 6.68. The van der Waals surface area contributed by atoms with Crippen molar-refractivity contribution in [2.24, 2.45) is 0 Å². The van der Waals surface area contributed by atoms with Gasteiger partial charge in [-0.15, -0.1) is 11.3 Å². The van der Waals surface area contributed by atoms with Gasteiger partial charge in [0.15, 0.2) is 10.7 Å². The third-order valence-electron chi connectivity index (χ3n) is 3.89. The van der Waals surface area contributed by atoms with Crippen molar-refractivity contribution >= 4 is 28.2 Å². The van der Waals surface area contributed by atoms with E-state index in [0.29, 0.717) is 16.7 Å². The minimum atomic E-state index is -0.211. The average molecular weight is 342 g/mol. The number of nitrogens with zero attached hydrogens (tertiary/aromatic N) is 2. The third-order valence-corrected chi connectivity index (χ3v) is 4.78. The van der Waals surface area contributed by atoms with Crippen molar-refractivity contribution < 1.29 is 15.0 Å². The number of hydrogen-bond donors (Lipinski definition) is 2. The van der Waals surface area contributed by atoms with E-state index in [1.807, 2.05) is 24.4 Å². The molecule has 0 aliphatic carbocycles. The smallest absolute Gasteiger partial charge is 0.194 e. The summed E-state index contributed by atoms with van der Waals surface area (Å²) in [4.78, 5) is 19.0. The number of carbonyl (C=O) groups is 1. The Labute approximate surface area is 143 Å². The van der Waals surface area contributed by atoms with Crippen LogP contribution in [0.15, 0.2) is 30.5 Å². The second-order valence-corrected chi connectivity index (χ2v) is 6.79. The van der Waals surface area contributed by atoms with Crippen LogP contribution in [0.5, 0.6) is 0 Å². The van der Waals surface area contributed by atoms with Gasteiger partial charge in [-0.2, -0.15) is 0 Å². The summed E-state index contributed by atoms with van der Waals surface area (Å²) in [6.07, 6.45) is 5.28. The van der Waals surface area contributed by atoms with Gasteiger partial charge in [0.2, 0.25) is 0 Å². The number of thiazole rings is 1. The van der Waals surface area contributed by atoms with Crippen LogP contribution in [-0.2, 0) is 13.2 Å². The zero-order valence-electron chi connectivity index (χ0n) is 13.5. The van der Waals surface area contributed by atoms with Gasteiger partial charge < -0.3 is 10.2 Å². The Bertz CT molecular complexity index is 937. The van der Waals surface area contributed by atoms with Gasteiger partial charge in [0.25, 0.3) is 0 Å². The maximum Gasteiger partial charge on any atom is 0.194 e. The topological polar surface area (TPSA) is 74.8 Å². The molecule has 24 heavy (non-hydrogen) atoms. The molecular weight excluding hydrogens is 324 g/mol. The van der Waals surface area contributed by atoms with Crippen LogP contribution in [0.4, 0.5) is 0 Å². The number of aliphatic hydroxyl groups is 2. The number of aliphatic hydroxyl groups excluding tert-OH is 2. The molecule has 0 radical (unpaired) electrons. The summed E-state index contributed by atoms with van der Waals surface area (Å²) in [7, 11) is 0. The molecule has 0 spiro atoms. The van der Waals surface area contributed by atoms with Crippen molar-refractivity contribution in [3.8, 4) is 0 Å². The summed E-state index contributed by atoms with van der Waals surface area (Å²) in [5.41, 5.74) is 3.43. The molecule has 1 aromatic carbocycles. The normalized spacial score (nSPS) is 11.7. The molecule has 2 N–H and O–H groups in total. The van der Waals surface area contributed by atoms with Gasteiger partial charge in [-0.1, -0.05) is 12.1 Å². The molecule has 2 heterocycles. The Balaban J connectivity index is 1.91. The summed E-state index contributed by atoms with van der Waals surface area (Å²) < 4.78 is 1.98. The highest BCUT2D eigenvalue weighted by molar-refractivity contribution is 7.17. The molecule has 0 saturated heterocycles. The van der Waals surface area contributed by atoms with Crippen LogP contribution in [-0.4, -0.2) is 25.4 Å². The number of carbonyl (C=O) groups excluding carboxylic acids is 1. The van der Waals surface area contributed by atoms with Crippen molar-refractivity contribution in [2.75, 3.05) is 0 Å². The molecule has 0 unspecified atom stereocenters. The lowest BCUT2D eigenvalue weighted by Crippen LogP contribution is -2.00. The summed E-state index contributed by atoms with van der Waals surface area (Å²) in [6.45, 7) is 3.56. The Morgan fingerprint density at radius 1 is 1.25 bits per heavy atom. The van der Waals surface area contributed by atoms with E-state index < -0.39 is 0 Å². The zero-order valence-corrected chi connectivity index (χ0v) is 14.3. The van der Waals surface area contributed by atoms with Gasteiger partial charge >= 0.3 is 0 Å². The van der Waals surface area contributed by atoms with E-state index in [4.69, 9.17) is 0 Å². The standard InChI is InChI=1S/C18H18N2O3S/c1-11-8-20-16(12(2)19-18(20)24-11)5-6-17(23)13-3-4-14(9-21)15(7-13)10-22/h3-8,21-22H,9-10H2,1-2H3/b6-5+. The number of imidazole rings is 1. The lowest BCUT2D eigenvalue weighted by atomic mass is 10.0. The lowest BCUT2D eigenvalue weighted by molar-refractivity contribution is 0.104. The molecule has 0 saturated carbocycles. The van der Waals surface area contributed by atoms with Crippen molar-refractivity contribution in [1.29, 1.82) is 0 Å². The number of hydrogen-bond acceptors (Lipinski definition) is 5. The van der Waals surface area contributed by atoms with Crippen LogP contribution in [0.25, 0.3) is 11.0 Å². The van der Waals surface area contributed by atoms with Crippen LogP contribution in [0.3, 0.4) is 0 Å². The molecule has 0 aliphatic rings. The number of benzene rings is 1. The number of rotatable bonds is 5. The Morgan fingerprint density at radius 2 is 2.00 bits per heavy atom. The molecule has 0 aliphatic heterocycles. The highest BCUT2D eigenvalue weighted by Gasteiger charge is 2.10. The van der Waals surface area contributed by atoms with Gasteiger partial charge in [0.05, 0.1) is 24.6 Å². The Hall–Kier alpha value is -2.28. The Kier molecular flexibility index (Phi) is 4.62. The first kappa shape index (κ1) is 16.6. The first-order valence-electron chi connectivity index (χ1n) is 7.54. The zero-order chi connectivity index (χ0) is 17.3. The number of ketones is 1. The van der Waals surface area contributed by atoms with Gasteiger partial charge in [0, 0.05) is 16.6 Å². The predicted octanol–water partition coefficient (Wildman–Crippen LogP) is 2.89. The molecule has 6 heteroatoms. The second-order valence-electron chi connectivity index (χ2n) is 5.57. The maximum atomic E-state index is 12.4. The number of fused-ring (bicyclic) bond motifs is 1. The summed E-state index contributed by atoms with van der Waals surface area (Å²) in [6, 6.07) is 4.94. The van der Waals surface area contributed by atoms with E-state index in [1.165, 1.54) is 6.08 Å². The summed E-state index contributed by atoms with van der Waals surface area (Å²) >= 11 is 1.61. The molecular formula is C18H18N2O3S. The highest BCUT2D eigenvalue weighted by Crippen LogP contribution is 2.22. The quantitative estimate of drug-likeness (QED) is 0.552. The molecule has 0 fully saturated rings. The summed E-state index contributed by atoms with van der Waals surface area (Å²) in [5.74, 6) is -0.157. The lowest BCUT2D eigenvalue weighted by Gasteiger charge is -2.06. The first-order valence-corrected chi connectivity index (χ1v) is 8.36. The molecule has 124 valence electrons. The Morgan fingerprint density at radius 3 is 2.71 bits per heavy atom. The van der Waals surface area contributed by atoms with Crippen molar-refractivity contribution in [2.45, 2.75) is 27.1 Å². The largest absolute Gasteiger partial charge is 0.392 e. The van der Waals surface area contributed by atoms with Crippen LogP contribution < -0.4 is 0 Å². The molecule has 0 atom stereocenters. The van der Waals surface area contributed by atoms with E-state index in [9.17, 15) is 15.0 Å². The van der Waals surface area contributed by atoms with Crippen LogP contribution in [0.2, 0.25) is 0 Å². The average Bonchev–Trinajstić information content (AvgIpc) is 3.06. The number of aromatic nitrogens is 2. The number of allylic oxidation sites excluding steroid dienone is 1. The van der Waals surface area contributed by atoms with Crippen LogP contribution >= 0.6 is 11.3 Å². The van der Waals surface area contributed by atoms with E-state index >= 15 is 0 Å². The minimum Gasteiger partial charge on any atom is -0.392 e. The minimum absolute atomic E-state index is 0.157. The van der Waals surface area contributed by atoms with Crippen molar-refractivity contribution in [3.05, 3.63) is 63.4 Å². The van der Waals surface area contributed by atoms with E-state index in [-0.39, 0.29) is 19.0 Å². The van der Waals surface area contributed by atoms with E-state index in [1.54, 1.807) is 35.6 Å². The van der Waals surface area contributed by atoms with Crippen molar-refractivity contribution in [1.82, 2.24) is 9.38 Å². The molecule has 3 rings (SSSR count). The van der Waals surface area contributed by atoms with E-state index in [2.05, 4.69) is 4.98 Å². The molecule has 3 aromatic rings. The SMILES string of the molecule is Cc1cn2c(/C=C/C(=O)c3ccc(CO)c(CO)c3)c(C)nc2s1. The van der Waals surface area contributed by atoms with Gasteiger partial charge in [0.1, 0.15) is 0 Å². The first-order chi connectivity index (χ1) is 11.5. The van der Waals surface area contributed by atoms with Crippen LogP contribution in [0.1, 0.15) is 37.7 Å². The van der Waals surface area contributed by atoms with Gasteiger partial charge in [-0.25, -0.2) is 4.98 Å². The molecule has 0 bridgehead atoms. The predicted molar refractivity (Wildman–Crippen MR) is 94.2 cm³/mol. The fourth-order valence-electron chi connectivity index (χ4n) is 2.61. The maximum absolute atomic E-state index is 12.4. The fraction of sp³-hybridized carbons (Fsp3) is 0.222. The van der Waals surface area contributed by atoms with Gasteiger partial charge in [-0.3, -0.25) is 9.20 Å². The van der Waals surface area contributed by atoms with E-state index in [0.717, 1.165) is 21.2 Å². The number of aryl methyl sites for hydroxylation is 2. The molecule has 5 nitrogen and oxygen atoms in total. The third kappa shape index (κ3) is 3.03. The van der Waals surface area contributed by atoms with Crippen molar-refractivity contribution in [3.63, 3.8) is 0 Å². The fourth-order valence-corrected chi connectivity index (χ4v) is 3.49. The summed E-state index contributed by atoms with van der Waals surface area (Å²) in [5, 5.41) is 18.6. The van der Waals surface area contributed by atoms with Crippen LogP contribution in [0, 0.1) is 13.8 Å². The van der Waals surface area contributed by atoms with Gasteiger partial charge in [-0.05, 0) is 43.2 Å².